The van der Waals surface area contributed by atoms with Crippen molar-refractivity contribution >= 4 is 23.5 Å². The fraction of sp³-hybridized carbons (Fsp3) is 0.263. The number of benzene rings is 1. The maximum absolute atomic E-state index is 12.6. The first kappa shape index (κ1) is 15.8. The molecular formula is C19H18ClNO2. The van der Waals surface area contributed by atoms with Gasteiger partial charge in [0.05, 0.1) is 7.11 Å². The van der Waals surface area contributed by atoms with E-state index in [0.717, 1.165) is 29.0 Å². The summed E-state index contributed by atoms with van der Waals surface area (Å²) in [5, 5.41) is -0.570. The summed E-state index contributed by atoms with van der Waals surface area (Å²) in [7, 11) is 1.63. The van der Waals surface area contributed by atoms with Gasteiger partial charge in [0.15, 0.2) is 5.78 Å². The van der Waals surface area contributed by atoms with Crippen LogP contribution in [0.5, 0.6) is 5.75 Å². The van der Waals surface area contributed by atoms with Crippen LogP contribution in [-0.2, 0) is 4.79 Å². The second-order valence-electron chi connectivity index (χ2n) is 5.58. The van der Waals surface area contributed by atoms with E-state index in [1.807, 2.05) is 48.5 Å². The number of rotatable bonds is 3. The monoisotopic (exact) mass is 327 g/mol. The van der Waals surface area contributed by atoms with Crippen LogP contribution in [0.25, 0.3) is 6.08 Å². The molecule has 2 unspecified atom stereocenters. The SMILES string of the molecule is COc1ccccc1C=C1CCC(c2ccccn2)C(Cl)C1=O. The lowest BCUT2D eigenvalue weighted by Crippen LogP contribution is -2.30. The minimum Gasteiger partial charge on any atom is -0.496 e. The zero-order chi connectivity index (χ0) is 16.2. The number of carbonyl (C=O) groups excluding carboxylic acids is 1. The Kier molecular flexibility index (Phi) is 4.77. The fourth-order valence-electron chi connectivity index (χ4n) is 2.95. The molecule has 1 aliphatic rings. The number of Topliss-reactive ketones (excluding diaryl/α,β-unsaturated/α-hetero) is 1. The second-order valence-corrected chi connectivity index (χ2v) is 6.05. The molecular weight excluding hydrogens is 310 g/mol. The van der Waals surface area contributed by atoms with E-state index >= 15 is 0 Å². The summed E-state index contributed by atoms with van der Waals surface area (Å²) in [5.41, 5.74) is 2.54. The highest BCUT2D eigenvalue weighted by atomic mass is 35.5. The number of hydrogen-bond donors (Lipinski definition) is 0. The van der Waals surface area contributed by atoms with E-state index < -0.39 is 5.38 Å². The van der Waals surface area contributed by atoms with Gasteiger partial charge < -0.3 is 4.74 Å². The molecule has 0 aliphatic heterocycles. The van der Waals surface area contributed by atoms with Gasteiger partial charge in [-0.2, -0.15) is 0 Å². The van der Waals surface area contributed by atoms with Crippen molar-refractivity contribution < 1.29 is 9.53 Å². The Morgan fingerprint density at radius 3 is 2.74 bits per heavy atom. The number of nitrogens with zero attached hydrogens (tertiary/aromatic N) is 1. The Bertz CT molecular complexity index is 727. The van der Waals surface area contributed by atoms with Crippen LogP contribution < -0.4 is 4.74 Å². The van der Waals surface area contributed by atoms with Crippen molar-refractivity contribution in [2.24, 2.45) is 0 Å². The Balaban J connectivity index is 1.85. The first-order valence-corrected chi connectivity index (χ1v) is 8.07. The Hall–Kier alpha value is -2.13. The molecule has 3 rings (SSSR count). The minimum atomic E-state index is -0.570. The van der Waals surface area contributed by atoms with Gasteiger partial charge >= 0.3 is 0 Å². The van der Waals surface area contributed by atoms with Gasteiger partial charge in [-0.3, -0.25) is 9.78 Å². The topological polar surface area (TPSA) is 39.2 Å². The Labute approximate surface area is 141 Å². The number of allylic oxidation sites excluding steroid dienone is 1. The quantitative estimate of drug-likeness (QED) is 0.625. The largest absolute Gasteiger partial charge is 0.496 e. The number of carbonyl (C=O) groups is 1. The summed E-state index contributed by atoms with van der Waals surface area (Å²) in [6, 6.07) is 13.4. The molecule has 0 amide bonds. The third kappa shape index (κ3) is 3.30. The van der Waals surface area contributed by atoms with E-state index in [0.29, 0.717) is 6.42 Å². The fourth-order valence-corrected chi connectivity index (χ4v) is 3.35. The lowest BCUT2D eigenvalue weighted by Gasteiger charge is -2.27. The molecule has 0 saturated heterocycles. The second kappa shape index (κ2) is 6.97. The molecule has 1 aromatic carbocycles. The van der Waals surface area contributed by atoms with Crippen LogP contribution in [0, 0.1) is 0 Å². The first-order valence-electron chi connectivity index (χ1n) is 7.63. The Morgan fingerprint density at radius 2 is 2.00 bits per heavy atom. The molecule has 1 saturated carbocycles. The number of halogens is 1. The van der Waals surface area contributed by atoms with Crippen molar-refractivity contribution in [2.75, 3.05) is 7.11 Å². The number of aromatic nitrogens is 1. The van der Waals surface area contributed by atoms with Gasteiger partial charge in [-0.05, 0) is 42.7 Å². The van der Waals surface area contributed by atoms with E-state index in [1.54, 1.807) is 13.3 Å². The highest BCUT2D eigenvalue weighted by Gasteiger charge is 2.35. The van der Waals surface area contributed by atoms with Gasteiger partial charge in [-0.1, -0.05) is 24.3 Å². The molecule has 23 heavy (non-hydrogen) atoms. The molecule has 1 aromatic heterocycles. The Morgan fingerprint density at radius 1 is 1.22 bits per heavy atom. The van der Waals surface area contributed by atoms with Crippen molar-refractivity contribution in [3.05, 3.63) is 65.5 Å². The molecule has 0 bridgehead atoms. The third-order valence-electron chi connectivity index (χ3n) is 4.18. The normalized spacial score (nSPS) is 23.0. The van der Waals surface area contributed by atoms with Gasteiger partial charge in [0.1, 0.15) is 11.1 Å². The predicted molar refractivity (Wildman–Crippen MR) is 91.8 cm³/mol. The first-order chi connectivity index (χ1) is 11.2. The van der Waals surface area contributed by atoms with E-state index in [9.17, 15) is 4.79 Å². The molecule has 1 aliphatic carbocycles. The number of ketones is 1. The molecule has 1 fully saturated rings. The predicted octanol–water partition coefficient (Wildman–Crippen LogP) is 4.23. The zero-order valence-corrected chi connectivity index (χ0v) is 13.7. The molecule has 0 spiro atoms. The van der Waals surface area contributed by atoms with Gasteiger partial charge in [0.25, 0.3) is 0 Å². The number of pyridine rings is 1. The highest BCUT2D eigenvalue weighted by Crippen LogP contribution is 2.37. The lowest BCUT2D eigenvalue weighted by atomic mass is 9.81. The summed E-state index contributed by atoms with van der Waals surface area (Å²) in [6.45, 7) is 0. The number of alkyl halides is 1. The maximum Gasteiger partial charge on any atom is 0.177 e. The number of methoxy groups -OCH3 is 1. The highest BCUT2D eigenvalue weighted by molar-refractivity contribution is 6.35. The van der Waals surface area contributed by atoms with Crippen molar-refractivity contribution in [1.29, 1.82) is 0 Å². The number of ether oxygens (including phenoxy) is 1. The van der Waals surface area contributed by atoms with E-state index in [4.69, 9.17) is 16.3 Å². The number of para-hydroxylation sites is 1. The summed E-state index contributed by atoms with van der Waals surface area (Å²) in [5.74, 6) is 0.713. The molecule has 3 nitrogen and oxygen atoms in total. The third-order valence-corrected chi connectivity index (χ3v) is 4.68. The molecule has 0 radical (unpaired) electrons. The van der Waals surface area contributed by atoms with Crippen LogP contribution in [0.15, 0.2) is 54.2 Å². The summed E-state index contributed by atoms with van der Waals surface area (Å²) < 4.78 is 5.34. The minimum absolute atomic E-state index is 0.0144. The standard InChI is InChI=1S/C19H18ClNO2/c1-23-17-8-3-2-6-13(17)12-14-9-10-15(18(20)19(14)22)16-7-4-5-11-21-16/h2-8,11-12,15,18H,9-10H2,1H3. The van der Waals surface area contributed by atoms with Gasteiger partial charge in [-0.25, -0.2) is 0 Å². The average molecular weight is 328 g/mol. The molecule has 2 atom stereocenters. The smallest absolute Gasteiger partial charge is 0.177 e. The van der Waals surface area contributed by atoms with Gasteiger partial charge in [0, 0.05) is 23.4 Å². The molecule has 2 aromatic rings. The maximum atomic E-state index is 12.6. The van der Waals surface area contributed by atoms with Crippen LogP contribution in [0.2, 0.25) is 0 Å². The average Bonchev–Trinajstić information content (AvgIpc) is 2.60. The van der Waals surface area contributed by atoms with Crippen molar-refractivity contribution in [1.82, 2.24) is 4.98 Å². The number of hydrogen-bond acceptors (Lipinski definition) is 3. The van der Waals surface area contributed by atoms with Gasteiger partial charge in [-0.15, -0.1) is 11.6 Å². The zero-order valence-electron chi connectivity index (χ0n) is 12.9. The molecule has 0 N–H and O–H groups in total. The van der Waals surface area contributed by atoms with E-state index in [1.165, 1.54) is 0 Å². The summed E-state index contributed by atoms with van der Waals surface area (Å²) in [4.78, 5) is 17.0. The van der Waals surface area contributed by atoms with Crippen LogP contribution in [-0.4, -0.2) is 23.3 Å². The van der Waals surface area contributed by atoms with Crippen molar-refractivity contribution in [2.45, 2.75) is 24.1 Å². The summed E-state index contributed by atoms with van der Waals surface area (Å²) in [6.07, 6.45) is 5.15. The van der Waals surface area contributed by atoms with Gasteiger partial charge in [0.2, 0.25) is 0 Å². The lowest BCUT2D eigenvalue weighted by molar-refractivity contribution is -0.116. The van der Waals surface area contributed by atoms with E-state index in [2.05, 4.69) is 4.98 Å². The molecule has 4 heteroatoms. The van der Waals surface area contributed by atoms with E-state index in [-0.39, 0.29) is 11.7 Å². The van der Waals surface area contributed by atoms with Crippen molar-refractivity contribution in [3.63, 3.8) is 0 Å². The summed E-state index contributed by atoms with van der Waals surface area (Å²) >= 11 is 6.44. The molecule has 1 heterocycles. The van der Waals surface area contributed by atoms with Crippen molar-refractivity contribution in [3.8, 4) is 5.75 Å². The van der Waals surface area contributed by atoms with Crippen LogP contribution in [0.1, 0.15) is 30.0 Å². The van der Waals surface area contributed by atoms with Crippen LogP contribution in [0.4, 0.5) is 0 Å². The van der Waals surface area contributed by atoms with Crippen LogP contribution in [0.3, 0.4) is 0 Å². The molecule has 118 valence electrons. The van der Waals surface area contributed by atoms with Crippen LogP contribution >= 0.6 is 11.6 Å².